The molecule has 5 aliphatic rings. The van der Waals surface area contributed by atoms with Crippen LogP contribution in [0, 0.1) is 55.8 Å². The van der Waals surface area contributed by atoms with Crippen LogP contribution < -0.4 is 55.2 Å². The normalized spacial score (nSPS) is 24.2. The number of aliphatic hydroxyl groups excluding tert-OH is 1. The van der Waals surface area contributed by atoms with Gasteiger partial charge >= 0.3 is 27.0 Å². The van der Waals surface area contributed by atoms with Crippen LogP contribution in [0.15, 0.2) is 80.5 Å². The van der Waals surface area contributed by atoms with E-state index < -0.39 is 185 Å². The fraction of sp³-hybridized carbons (Fsp3) is 0.413. The summed E-state index contributed by atoms with van der Waals surface area (Å²) in [6, 6.07) is 6.38. The zero-order valence-corrected chi connectivity index (χ0v) is 60.4. The molecule has 0 spiro atoms. The van der Waals surface area contributed by atoms with Gasteiger partial charge in [0.2, 0.25) is 16.1 Å². The van der Waals surface area contributed by atoms with Crippen molar-refractivity contribution in [3.63, 3.8) is 0 Å². The third-order valence-corrected chi connectivity index (χ3v) is 20.8. The van der Waals surface area contributed by atoms with Gasteiger partial charge in [0.15, 0.2) is 0 Å². The number of aliphatic hydroxyl groups is 1. The van der Waals surface area contributed by atoms with Gasteiger partial charge in [0, 0.05) is 110 Å². The molecular formula is C63H65N15O27P2S2. The molecule has 4 aromatic heterocycles. The Bertz CT molecular complexity index is 5200. The Balaban J connectivity index is 0.812. The summed E-state index contributed by atoms with van der Waals surface area (Å²) in [4.78, 5) is 172. The van der Waals surface area contributed by atoms with E-state index in [2.05, 4.69) is 76.7 Å². The number of nitrogens with zero attached hydrogens (tertiary/aromatic N) is 7. The molecule has 5 aliphatic heterocycles. The number of nitro groups is 2. The summed E-state index contributed by atoms with van der Waals surface area (Å²) in [5.74, 6) is 15.5. The number of hydrogen-bond donors (Lipinski definition) is 11. The number of H-pyrrole nitrogens is 2. The molecule has 42 nitrogen and oxygen atoms in total. The molecule has 3 amide bonds. The molecule has 9 heterocycles. The quantitative estimate of drug-likeness (QED) is 0.0160. The number of carbonyl (C=O) groups is 5. The van der Waals surface area contributed by atoms with Gasteiger partial charge in [-0.05, 0) is 38.1 Å². The standard InChI is InChI=1S/C63H65N15O27P2S2/c1-30(71-39-21-67-62(87)108-58(39)83)37-12-8-32(15-40(37)77(89)90)6-10-34-23-74(55-53(34)54(65)69-29-70-55)50-17-42(79)46(101-50)27-98-106(93,94)105-44-19-52(76-25-36(57(82)73-61(76)86)11-7-33-9-13-38(41(16-33)78(91)92)31(2)100-45-22-68-63(88)109-59(45)84)103-48(44)28-99-107(95,96)104-43-18-51(102-47(43)26-97-3)75-24-35(56(81)72-60(75)85)5-4-14-66-49(80)20-64/h8-9,12-13,15-16,23-25,29-31,39,42-48,50-52,71,79H,14,17-22,26-28,64H2,1-3H3,(H,66,80)(H,67,87)(H,68,88)(H,93,94)(H,95,96)(H2,65,69,70)(H,72,81,85)(H,73,82,86). The number of carbonyl (C=O) groups excluding carboxylic acids is 5. The predicted molar refractivity (Wildman–Crippen MR) is 377 cm³/mol. The smallest absolute Gasteiger partial charge is 0.390 e. The second-order valence-electron chi connectivity index (χ2n) is 24.5. The first-order valence-corrected chi connectivity index (χ1v) is 37.2. The second-order valence-corrected chi connectivity index (χ2v) is 29.3. The van der Waals surface area contributed by atoms with Gasteiger partial charge in [0.05, 0.1) is 84.1 Å². The van der Waals surface area contributed by atoms with Gasteiger partial charge in [-0.3, -0.25) is 96.3 Å². The molecule has 46 heteroatoms. The number of aromatic nitrogens is 7. The zero-order valence-electron chi connectivity index (χ0n) is 57.0. The van der Waals surface area contributed by atoms with E-state index in [-0.39, 0.29) is 102 Å². The van der Waals surface area contributed by atoms with Crippen molar-refractivity contribution in [2.75, 3.05) is 58.8 Å². The second kappa shape index (κ2) is 34.3. The van der Waals surface area contributed by atoms with E-state index in [1.54, 1.807) is 6.92 Å². The lowest BCUT2D eigenvalue weighted by Gasteiger charge is -2.25. The minimum atomic E-state index is -5.44. The van der Waals surface area contributed by atoms with Gasteiger partial charge < -0.3 is 70.6 Å². The molecule has 2 aromatic carbocycles. The van der Waals surface area contributed by atoms with Crippen molar-refractivity contribution in [1.82, 2.24) is 54.9 Å². The number of nitrogens with two attached hydrogens (primary N) is 2. The minimum absolute atomic E-state index is 0.0181. The highest BCUT2D eigenvalue weighted by Crippen LogP contribution is 2.52. The van der Waals surface area contributed by atoms with Crippen LogP contribution >= 0.6 is 39.2 Å². The maximum absolute atomic E-state index is 14.2. The van der Waals surface area contributed by atoms with Gasteiger partial charge in [-0.1, -0.05) is 35.5 Å². The van der Waals surface area contributed by atoms with Crippen LogP contribution in [-0.4, -0.2) is 187 Å². The van der Waals surface area contributed by atoms with E-state index in [1.165, 1.54) is 55.1 Å². The molecule has 15 unspecified atom stereocenters. The molecule has 0 bridgehead atoms. The lowest BCUT2D eigenvalue weighted by molar-refractivity contribution is -0.386. The highest BCUT2D eigenvalue weighted by Gasteiger charge is 2.47. The van der Waals surface area contributed by atoms with E-state index in [4.69, 9.17) is 53.2 Å². The molecule has 0 saturated carbocycles. The Labute approximate surface area is 620 Å². The number of thioether (sulfide) groups is 2. The van der Waals surface area contributed by atoms with E-state index in [0.29, 0.717) is 23.5 Å². The average molecular weight is 1590 g/mol. The summed E-state index contributed by atoms with van der Waals surface area (Å²) in [5.41, 5.74) is 6.77. The Morgan fingerprint density at radius 3 is 1.82 bits per heavy atom. The lowest BCUT2D eigenvalue weighted by atomic mass is 10.0. The van der Waals surface area contributed by atoms with E-state index >= 15 is 0 Å². The van der Waals surface area contributed by atoms with Gasteiger partial charge in [-0.2, -0.15) is 0 Å². The number of hydrogen-bond acceptors (Lipinski definition) is 32. The summed E-state index contributed by atoms with van der Waals surface area (Å²) in [6.07, 6.45) is -11.8. The summed E-state index contributed by atoms with van der Waals surface area (Å²) in [7, 11) is -9.56. The molecule has 13 N–H and O–H groups in total. The number of nitro benzene ring substituents is 2. The van der Waals surface area contributed by atoms with Crippen LogP contribution in [0.3, 0.4) is 0 Å². The largest absolute Gasteiger partial charge is 0.472 e. The van der Waals surface area contributed by atoms with E-state index in [0.717, 1.165) is 33.9 Å². The van der Waals surface area contributed by atoms with Crippen LogP contribution in [0.25, 0.3) is 11.0 Å². The van der Waals surface area contributed by atoms with E-state index in [1.807, 2.05) is 0 Å². The van der Waals surface area contributed by atoms with Crippen LogP contribution in [0.1, 0.15) is 103 Å². The summed E-state index contributed by atoms with van der Waals surface area (Å²) in [5, 5.41) is 44.6. The van der Waals surface area contributed by atoms with Crippen LogP contribution in [-0.2, 0) is 65.3 Å². The number of fused-ring (bicyclic) bond motifs is 1. The van der Waals surface area contributed by atoms with Gasteiger partial charge in [-0.15, -0.1) is 0 Å². The van der Waals surface area contributed by atoms with Crippen molar-refractivity contribution in [2.24, 2.45) is 5.73 Å². The van der Waals surface area contributed by atoms with Crippen molar-refractivity contribution in [3.8, 4) is 35.5 Å². The maximum atomic E-state index is 14.2. The third kappa shape index (κ3) is 19.4. The van der Waals surface area contributed by atoms with Gasteiger partial charge in [0.25, 0.3) is 33.0 Å². The minimum Gasteiger partial charge on any atom is -0.390 e. The van der Waals surface area contributed by atoms with Crippen molar-refractivity contribution in [1.29, 1.82) is 0 Å². The molecule has 0 aliphatic carbocycles. The summed E-state index contributed by atoms with van der Waals surface area (Å²) in [6.45, 7) is 0.0933. The first-order valence-electron chi connectivity index (χ1n) is 32.6. The predicted octanol–water partition coefficient (Wildman–Crippen LogP) is 0.462. The number of phosphoric acid groups is 2. The molecule has 576 valence electrons. The number of nitrogens with one attached hydrogen (secondary N) is 6. The number of benzene rings is 2. The molecule has 15 atom stereocenters. The molecule has 11 rings (SSSR count). The fourth-order valence-electron chi connectivity index (χ4n) is 12.0. The third-order valence-electron chi connectivity index (χ3n) is 17.2. The summed E-state index contributed by atoms with van der Waals surface area (Å²) >= 11 is 0.867. The monoisotopic (exact) mass is 1590 g/mol. The molecule has 0 radical (unpaired) electrons. The van der Waals surface area contributed by atoms with Gasteiger partial charge in [-0.25, -0.2) is 28.7 Å². The number of nitrogen functional groups attached to an aromatic ring is 1. The number of ether oxygens (including phenoxy) is 5. The average Bonchev–Trinajstić information content (AvgIpc) is 1.63. The Hall–Kier alpha value is -9.95. The van der Waals surface area contributed by atoms with Crippen LogP contribution in [0.2, 0.25) is 0 Å². The molecule has 5 saturated heterocycles. The van der Waals surface area contributed by atoms with Gasteiger partial charge in [0.1, 0.15) is 84.2 Å². The highest BCUT2D eigenvalue weighted by molar-refractivity contribution is 8.26. The van der Waals surface area contributed by atoms with Crippen molar-refractivity contribution < 1.29 is 99.6 Å². The molecule has 5 fully saturated rings. The maximum Gasteiger partial charge on any atom is 0.472 e. The molecular weight excluding hydrogens is 1520 g/mol. The Kier molecular flexibility index (Phi) is 25.2. The van der Waals surface area contributed by atoms with Crippen molar-refractivity contribution >= 4 is 94.0 Å². The van der Waals surface area contributed by atoms with Crippen LogP contribution in [0.5, 0.6) is 0 Å². The fourth-order valence-corrected chi connectivity index (χ4v) is 15.1. The number of amides is 3. The van der Waals surface area contributed by atoms with Crippen molar-refractivity contribution in [3.05, 3.63) is 162 Å². The molecule has 6 aromatic rings. The Morgan fingerprint density at radius 2 is 1.24 bits per heavy atom. The lowest BCUT2D eigenvalue weighted by Crippen LogP contribution is -2.49. The highest BCUT2D eigenvalue weighted by atomic mass is 32.2. The number of anilines is 1. The Morgan fingerprint density at radius 1 is 0.716 bits per heavy atom. The van der Waals surface area contributed by atoms with Crippen LogP contribution in [0.4, 0.5) is 26.8 Å². The topological polar surface area (TPSA) is 590 Å². The zero-order chi connectivity index (χ0) is 78.3. The SMILES string of the molecule is COCC1OC(n2cc(C#CCNC(=O)CN)c(=O)[nH]c2=O)CC1OP(=O)(O)OCC1OC(n2cc(C#Cc3ccc(C(C)OC4CNC(=O)SC4=O)c([N+](=O)[O-])c3)c(=O)[nH]c2=O)CC1OP(=O)(O)OCC1OC(n2cc(C#Cc3ccc(C(C)NC4CNC(=O)SC4=O)c([N+](=O)[O-])c3)c3c(N)ncnc32)CC1O. The molecule has 109 heavy (non-hydrogen) atoms. The van der Waals surface area contributed by atoms with E-state index in [9.17, 15) is 87.4 Å². The summed E-state index contributed by atoms with van der Waals surface area (Å²) < 4.78 is 82.8. The number of aromatic amines is 2. The first-order chi connectivity index (χ1) is 51.8. The number of methoxy groups -OCH3 is 1. The first kappa shape index (κ1) is 80.1. The number of phosphoric ester groups is 2. The van der Waals surface area contributed by atoms with Crippen molar-refractivity contribution in [2.45, 2.75) is 113 Å². The number of rotatable bonds is 25.